The van der Waals surface area contributed by atoms with Crippen molar-refractivity contribution in [3.05, 3.63) is 71.5 Å². The number of rotatable bonds is 5. The van der Waals surface area contributed by atoms with E-state index >= 15 is 0 Å². The number of nitrogens with zero attached hydrogens (tertiary/aromatic N) is 4. The molecule has 1 aromatic heterocycles. The summed E-state index contributed by atoms with van der Waals surface area (Å²) in [5.41, 5.74) is 5.01. The minimum absolute atomic E-state index is 0.230. The molecule has 0 amide bonds. The Morgan fingerprint density at radius 1 is 1.00 bits per heavy atom. The van der Waals surface area contributed by atoms with Crippen LogP contribution >= 0.6 is 0 Å². The third-order valence-corrected chi connectivity index (χ3v) is 4.78. The molecule has 8 heteroatoms. The molecule has 2 heterocycles. The summed E-state index contributed by atoms with van der Waals surface area (Å²) in [7, 11) is 0. The topological polar surface area (TPSA) is 42.7 Å². The second kappa shape index (κ2) is 7.62. The maximum atomic E-state index is 12.3. The third kappa shape index (κ3) is 4.59. The lowest BCUT2D eigenvalue weighted by molar-refractivity contribution is -0.274. The van der Waals surface area contributed by atoms with Crippen LogP contribution < -0.4 is 4.74 Å². The molecule has 0 bridgehead atoms. The van der Waals surface area contributed by atoms with Crippen LogP contribution in [0.25, 0.3) is 11.1 Å². The van der Waals surface area contributed by atoms with Gasteiger partial charge < -0.3 is 4.74 Å². The Labute approximate surface area is 166 Å². The van der Waals surface area contributed by atoms with Crippen molar-refractivity contribution in [1.82, 2.24) is 14.8 Å². The van der Waals surface area contributed by atoms with Gasteiger partial charge in [-0.3, -0.25) is 9.69 Å². The summed E-state index contributed by atoms with van der Waals surface area (Å²) >= 11 is 0. The summed E-state index contributed by atoms with van der Waals surface area (Å²) < 4.78 is 42.8. The second-order valence-electron chi connectivity index (χ2n) is 6.81. The SMILES string of the molecule is Cc1ccnn1CCN1Cc2cc(-c3ccc(OC(F)(F)F)cc3)ccc2C=N1. The van der Waals surface area contributed by atoms with Crippen LogP contribution in [0.15, 0.2) is 59.8 Å². The van der Waals surface area contributed by atoms with Gasteiger partial charge in [0.25, 0.3) is 0 Å². The van der Waals surface area contributed by atoms with Gasteiger partial charge in [0.2, 0.25) is 0 Å². The van der Waals surface area contributed by atoms with Gasteiger partial charge in [-0.15, -0.1) is 13.2 Å². The first-order valence-electron chi connectivity index (χ1n) is 9.14. The molecular formula is C21H19F3N4O. The van der Waals surface area contributed by atoms with Crippen molar-refractivity contribution in [1.29, 1.82) is 0 Å². The Balaban J connectivity index is 1.46. The Morgan fingerprint density at radius 2 is 1.76 bits per heavy atom. The van der Waals surface area contributed by atoms with Gasteiger partial charge in [0.15, 0.2) is 0 Å². The van der Waals surface area contributed by atoms with E-state index in [9.17, 15) is 13.2 Å². The van der Waals surface area contributed by atoms with Gasteiger partial charge in [0.05, 0.1) is 25.8 Å². The predicted octanol–water partition coefficient (Wildman–Crippen LogP) is 4.61. The molecule has 3 aromatic rings. The van der Waals surface area contributed by atoms with E-state index in [2.05, 4.69) is 14.9 Å². The highest BCUT2D eigenvalue weighted by Gasteiger charge is 2.31. The van der Waals surface area contributed by atoms with Gasteiger partial charge in [-0.2, -0.15) is 10.2 Å². The van der Waals surface area contributed by atoms with E-state index in [1.165, 1.54) is 12.1 Å². The third-order valence-electron chi connectivity index (χ3n) is 4.78. The fourth-order valence-electron chi connectivity index (χ4n) is 3.26. The van der Waals surface area contributed by atoms with Crippen molar-refractivity contribution in [3.63, 3.8) is 0 Å². The predicted molar refractivity (Wildman–Crippen MR) is 104 cm³/mol. The van der Waals surface area contributed by atoms with Crippen molar-refractivity contribution in [2.45, 2.75) is 26.4 Å². The van der Waals surface area contributed by atoms with Crippen LogP contribution in [0.4, 0.5) is 13.2 Å². The van der Waals surface area contributed by atoms with Gasteiger partial charge in [-0.1, -0.05) is 24.3 Å². The summed E-state index contributed by atoms with van der Waals surface area (Å²) in [5.74, 6) is -0.230. The largest absolute Gasteiger partial charge is 0.573 e. The van der Waals surface area contributed by atoms with E-state index in [1.54, 1.807) is 18.3 Å². The van der Waals surface area contributed by atoms with E-state index in [0.29, 0.717) is 6.54 Å². The van der Waals surface area contributed by atoms with Crippen LogP contribution in [0.5, 0.6) is 5.75 Å². The average Bonchev–Trinajstić information content (AvgIpc) is 3.10. The summed E-state index contributed by atoms with van der Waals surface area (Å²) in [4.78, 5) is 0. The zero-order valence-electron chi connectivity index (χ0n) is 15.7. The highest BCUT2D eigenvalue weighted by molar-refractivity contribution is 5.84. The van der Waals surface area contributed by atoms with Crippen molar-refractivity contribution in [2.75, 3.05) is 6.54 Å². The standard InChI is InChI=1S/C21H19F3N4O/c1-15-8-9-25-28(15)11-10-27-14-19-12-17(2-3-18(19)13-26-27)16-4-6-20(7-5-16)29-21(22,23)24/h2-9,12-13H,10-11,14H2,1H3. The molecule has 5 nitrogen and oxygen atoms in total. The zero-order valence-corrected chi connectivity index (χ0v) is 15.7. The number of hydrogen-bond acceptors (Lipinski definition) is 4. The summed E-state index contributed by atoms with van der Waals surface area (Å²) in [6.07, 6.45) is -1.08. The monoisotopic (exact) mass is 400 g/mol. The van der Waals surface area contributed by atoms with E-state index in [1.807, 2.05) is 47.1 Å². The number of alkyl halides is 3. The van der Waals surface area contributed by atoms with Gasteiger partial charge in [0, 0.05) is 11.9 Å². The van der Waals surface area contributed by atoms with Crippen LogP contribution in [-0.4, -0.2) is 33.9 Å². The number of benzene rings is 2. The molecule has 0 radical (unpaired) electrons. The molecule has 0 atom stereocenters. The Morgan fingerprint density at radius 3 is 2.45 bits per heavy atom. The number of hydrazone groups is 1. The summed E-state index contributed by atoms with van der Waals surface area (Å²) in [5, 5.41) is 10.8. The molecule has 0 saturated carbocycles. The number of aromatic nitrogens is 2. The fraction of sp³-hybridized carbons (Fsp3) is 0.238. The summed E-state index contributed by atoms with van der Waals surface area (Å²) in [6, 6.07) is 13.8. The zero-order chi connectivity index (χ0) is 20.4. The van der Waals surface area contributed by atoms with Crippen LogP contribution in [-0.2, 0) is 13.1 Å². The normalized spacial score (nSPS) is 13.4. The quantitative estimate of drug-likeness (QED) is 0.628. The van der Waals surface area contributed by atoms with Gasteiger partial charge in [-0.05, 0) is 53.4 Å². The van der Waals surface area contributed by atoms with Gasteiger partial charge in [0.1, 0.15) is 5.75 Å². The van der Waals surface area contributed by atoms with Gasteiger partial charge in [-0.25, -0.2) is 0 Å². The number of fused-ring (bicyclic) bond motifs is 1. The molecule has 0 fully saturated rings. The number of halogens is 3. The van der Waals surface area contributed by atoms with Crippen LogP contribution in [0, 0.1) is 6.92 Å². The first-order chi connectivity index (χ1) is 13.9. The Bertz CT molecular complexity index is 1030. The Kier molecular flexibility index (Phi) is 5.00. The molecule has 150 valence electrons. The number of aryl methyl sites for hydroxylation is 1. The lowest BCUT2D eigenvalue weighted by Gasteiger charge is -2.24. The fourth-order valence-corrected chi connectivity index (χ4v) is 3.26. The maximum absolute atomic E-state index is 12.3. The molecule has 29 heavy (non-hydrogen) atoms. The van der Waals surface area contributed by atoms with Crippen molar-refractivity contribution in [3.8, 4) is 16.9 Å². The summed E-state index contributed by atoms with van der Waals surface area (Å²) in [6.45, 7) is 4.15. The Hall–Kier alpha value is -3.29. The molecule has 0 unspecified atom stereocenters. The van der Waals surface area contributed by atoms with Crippen LogP contribution in [0.1, 0.15) is 16.8 Å². The van der Waals surface area contributed by atoms with Crippen LogP contribution in [0.2, 0.25) is 0 Å². The molecule has 2 aromatic carbocycles. The second-order valence-corrected chi connectivity index (χ2v) is 6.81. The minimum atomic E-state index is -4.69. The molecule has 4 rings (SSSR count). The van der Waals surface area contributed by atoms with Gasteiger partial charge >= 0.3 is 6.36 Å². The minimum Gasteiger partial charge on any atom is -0.406 e. The maximum Gasteiger partial charge on any atom is 0.573 e. The van der Waals surface area contributed by atoms with Crippen molar-refractivity contribution in [2.24, 2.45) is 5.10 Å². The van der Waals surface area contributed by atoms with E-state index in [0.717, 1.165) is 41.0 Å². The lowest BCUT2D eigenvalue weighted by atomic mass is 9.98. The molecule has 1 aliphatic heterocycles. The smallest absolute Gasteiger partial charge is 0.406 e. The molecule has 0 saturated heterocycles. The average molecular weight is 400 g/mol. The highest BCUT2D eigenvalue weighted by atomic mass is 19.4. The lowest BCUT2D eigenvalue weighted by Crippen LogP contribution is -2.26. The van der Waals surface area contributed by atoms with Crippen molar-refractivity contribution >= 4 is 6.21 Å². The first-order valence-corrected chi connectivity index (χ1v) is 9.14. The van der Waals surface area contributed by atoms with E-state index in [4.69, 9.17) is 0 Å². The van der Waals surface area contributed by atoms with Crippen molar-refractivity contribution < 1.29 is 17.9 Å². The van der Waals surface area contributed by atoms with Crippen LogP contribution in [0.3, 0.4) is 0 Å². The molecule has 1 aliphatic rings. The number of ether oxygens (including phenoxy) is 1. The molecular weight excluding hydrogens is 381 g/mol. The van der Waals surface area contributed by atoms with E-state index < -0.39 is 6.36 Å². The molecule has 0 spiro atoms. The molecule has 0 aliphatic carbocycles. The molecule has 0 N–H and O–H groups in total. The van der Waals surface area contributed by atoms with E-state index in [-0.39, 0.29) is 5.75 Å². The first kappa shape index (κ1) is 19.0. The highest BCUT2D eigenvalue weighted by Crippen LogP contribution is 2.28. The number of hydrogen-bond donors (Lipinski definition) is 0.